The van der Waals surface area contributed by atoms with Gasteiger partial charge in [-0.1, -0.05) is 19.9 Å². The SMILES string of the molecule is CCNC(=O)CC1CC2(CCN(CC(C)C)CC2)c2cc(F)ccc21. The molecular weight excluding hydrogens is 315 g/mol. The quantitative estimate of drug-likeness (QED) is 0.879. The molecule has 1 N–H and O–H groups in total. The third kappa shape index (κ3) is 3.89. The molecule has 1 saturated heterocycles. The molecule has 25 heavy (non-hydrogen) atoms. The van der Waals surface area contributed by atoms with Crippen LogP contribution >= 0.6 is 0 Å². The number of rotatable bonds is 5. The summed E-state index contributed by atoms with van der Waals surface area (Å²) in [4.78, 5) is 14.7. The van der Waals surface area contributed by atoms with E-state index in [0.717, 1.165) is 38.9 Å². The number of nitrogens with one attached hydrogen (secondary N) is 1. The fourth-order valence-electron chi connectivity index (χ4n) is 4.86. The van der Waals surface area contributed by atoms with Gasteiger partial charge < -0.3 is 10.2 Å². The number of benzene rings is 1. The number of amides is 1. The van der Waals surface area contributed by atoms with Crippen LogP contribution in [-0.2, 0) is 10.2 Å². The van der Waals surface area contributed by atoms with Crippen LogP contribution < -0.4 is 5.32 Å². The Morgan fingerprint density at radius 2 is 2.08 bits per heavy atom. The van der Waals surface area contributed by atoms with E-state index in [1.54, 1.807) is 12.1 Å². The number of hydrogen-bond acceptors (Lipinski definition) is 2. The van der Waals surface area contributed by atoms with E-state index in [4.69, 9.17) is 0 Å². The average Bonchev–Trinajstić information content (AvgIpc) is 2.83. The summed E-state index contributed by atoms with van der Waals surface area (Å²) in [5, 5.41) is 2.91. The van der Waals surface area contributed by atoms with Crippen molar-refractivity contribution in [3.8, 4) is 0 Å². The summed E-state index contributed by atoms with van der Waals surface area (Å²) < 4.78 is 14.0. The van der Waals surface area contributed by atoms with Crippen molar-refractivity contribution in [2.75, 3.05) is 26.2 Å². The molecule has 1 unspecified atom stereocenters. The minimum atomic E-state index is -0.151. The van der Waals surface area contributed by atoms with Crippen molar-refractivity contribution in [2.45, 2.75) is 57.8 Å². The van der Waals surface area contributed by atoms with E-state index < -0.39 is 0 Å². The van der Waals surface area contributed by atoms with Crippen LogP contribution in [0.3, 0.4) is 0 Å². The van der Waals surface area contributed by atoms with E-state index in [1.165, 1.54) is 11.1 Å². The number of halogens is 1. The summed E-state index contributed by atoms with van der Waals surface area (Å²) in [6, 6.07) is 5.21. The maximum absolute atomic E-state index is 14.0. The second kappa shape index (κ2) is 7.45. The second-order valence-corrected chi connectivity index (χ2v) is 8.27. The first-order valence-corrected chi connectivity index (χ1v) is 9.72. The van der Waals surface area contributed by atoms with Crippen LogP contribution in [0.25, 0.3) is 0 Å². The second-order valence-electron chi connectivity index (χ2n) is 8.27. The van der Waals surface area contributed by atoms with E-state index >= 15 is 0 Å². The number of piperidine rings is 1. The predicted molar refractivity (Wildman–Crippen MR) is 99.2 cm³/mol. The van der Waals surface area contributed by atoms with Crippen LogP contribution in [0, 0.1) is 11.7 Å². The summed E-state index contributed by atoms with van der Waals surface area (Å²) in [5.41, 5.74) is 2.43. The number of carbonyl (C=O) groups is 1. The average molecular weight is 346 g/mol. The van der Waals surface area contributed by atoms with Gasteiger partial charge in [-0.15, -0.1) is 0 Å². The predicted octanol–water partition coefficient (Wildman–Crippen LogP) is 3.83. The monoisotopic (exact) mass is 346 g/mol. The first-order chi connectivity index (χ1) is 11.9. The summed E-state index contributed by atoms with van der Waals surface area (Å²) >= 11 is 0. The van der Waals surface area contributed by atoms with E-state index in [1.807, 2.05) is 13.0 Å². The molecule has 3 rings (SSSR count). The Balaban J connectivity index is 1.80. The molecule has 0 bridgehead atoms. The smallest absolute Gasteiger partial charge is 0.220 e. The van der Waals surface area contributed by atoms with Gasteiger partial charge in [0.05, 0.1) is 0 Å². The maximum Gasteiger partial charge on any atom is 0.220 e. The number of fused-ring (bicyclic) bond motifs is 2. The molecule has 1 spiro atoms. The molecule has 0 radical (unpaired) electrons. The third-order valence-electron chi connectivity index (χ3n) is 5.91. The minimum Gasteiger partial charge on any atom is -0.356 e. The fraction of sp³-hybridized carbons (Fsp3) is 0.667. The lowest BCUT2D eigenvalue weighted by Gasteiger charge is -2.41. The minimum absolute atomic E-state index is 0.0576. The molecule has 1 aliphatic heterocycles. The molecule has 1 fully saturated rings. The number of nitrogens with zero attached hydrogens (tertiary/aromatic N) is 1. The molecule has 138 valence electrons. The first-order valence-electron chi connectivity index (χ1n) is 9.72. The van der Waals surface area contributed by atoms with Crippen molar-refractivity contribution in [1.29, 1.82) is 0 Å². The lowest BCUT2D eigenvalue weighted by molar-refractivity contribution is -0.121. The molecule has 1 aromatic carbocycles. The Morgan fingerprint density at radius 1 is 1.36 bits per heavy atom. The fourth-order valence-corrected chi connectivity index (χ4v) is 4.86. The number of likely N-dealkylation sites (tertiary alicyclic amines) is 1. The van der Waals surface area contributed by atoms with Crippen LogP contribution in [0.2, 0.25) is 0 Å². The number of hydrogen-bond donors (Lipinski definition) is 1. The van der Waals surface area contributed by atoms with Gasteiger partial charge >= 0.3 is 0 Å². The molecule has 1 aliphatic carbocycles. The van der Waals surface area contributed by atoms with Gasteiger partial charge in [0.25, 0.3) is 0 Å². The van der Waals surface area contributed by atoms with E-state index in [9.17, 15) is 9.18 Å². The standard InChI is InChI=1S/C21H31FN2O/c1-4-23-20(25)11-16-13-21(19-12-17(22)5-6-18(16)19)7-9-24(10-8-21)14-15(2)3/h5-6,12,15-16H,4,7-11,13-14H2,1-3H3,(H,23,25). The molecular formula is C21H31FN2O. The maximum atomic E-state index is 14.0. The topological polar surface area (TPSA) is 32.3 Å². The molecule has 3 nitrogen and oxygen atoms in total. The van der Waals surface area contributed by atoms with Crippen molar-refractivity contribution in [2.24, 2.45) is 5.92 Å². The van der Waals surface area contributed by atoms with Gasteiger partial charge in [0.2, 0.25) is 5.91 Å². The zero-order valence-corrected chi connectivity index (χ0v) is 15.8. The summed E-state index contributed by atoms with van der Waals surface area (Å²) in [6.45, 7) is 10.4. The van der Waals surface area contributed by atoms with E-state index in [0.29, 0.717) is 18.9 Å². The highest BCUT2D eigenvalue weighted by molar-refractivity contribution is 5.77. The lowest BCUT2D eigenvalue weighted by atomic mass is 9.73. The van der Waals surface area contributed by atoms with Crippen LogP contribution in [0.4, 0.5) is 4.39 Å². The van der Waals surface area contributed by atoms with E-state index in [-0.39, 0.29) is 23.1 Å². The van der Waals surface area contributed by atoms with Crippen molar-refractivity contribution in [3.63, 3.8) is 0 Å². The van der Waals surface area contributed by atoms with Crippen molar-refractivity contribution >= 4 is 5.91 Å². The molecule has 0 saturated carbocycles. The van der Waals surface area contributed by atoms with Gasteiger partial charge in [-0.3, -0.25) is 4.79 Å². The molecule has 0 aromatic heterocycles. The summed E-state index contributed by atoms with van der Waals surface area (Å²) in [5.74, 6) is 0.852. The van der Waals surface area contributed by atoms with Gasteiger partial charge in [-0.05, 0) is 79.8 Å². The normalized spacial score (nSPS) is 22.4. The number of carbonyl (C=O) groups excluding carboxylic acids is 1. The molecule has 1 heterocycles. The van der Waals surface area contributed by atoms with Gasteiger partial charge in [0.1, 0.15) is 5.82 Å². The Morgan fingerprint density at radius 3 is 2.72 bits per heavy atom. The Hall–Kier alpha value is -1.42. The highest BCUT2D eigenvalue weighted by atomic mass is 19.1. The van der Waals surface area contributed by atoms with Gasteiger partial charge in [-0.2, -0.15) is 0 Å². The van der Waals surface area contributed by atoms with Crippen LogP contribution in [0.5, 0.6) is 0 Å². The molecule has 4 heteroatoms. The lowest BCUT2D eigenvalue weighted by Crippen LogP contribution is -2.43. The zero-order valence-electron chi connectivity index (χ0n) is 15.8. The first kappa shape index (κ1) is 18.4. The van der Waals surface area contributed by atoms with Gasteiger partial charge in [0.15, 0.2) is 0 Å². The van der Waals surface area contributed by atoms with Gasteiger partial charge in [-0.25, -0.2) is 4.39 Å². The Kier molecular flexibility index (Phi) is 5.47. The Labute approximate surface area is 151 Å². The highest BCUT2D eigenvalue weighted by Crippen LogP contribution is 2.52. The summed E-state index contributed by atoms with van der Waals surface area (Å²) in [7, 11) is 0. The largest absolute Gasteiger partial charge is 0.356 e. The van der Waals surface area contributed by atoms with Gasteiger partial charge in [0, 0.05) is 19.5 Å². The molecule has 1 atom stereocenters. The van der Waals surface area contributed by atoms with E-state index in [2.05, 4.69) is 24.1 Å². The third-order valence-corrected chi connectivity index (χ3v) is 5.91. The highest BCUT2D eigenvalue weighted by Gasteiger charge is 2.45. The zero-order chi connectivity index (χ0) is 18.0. The van der Waals surface area contributed by atoms with Crippen molar-refractivity contribution < 1.29 is 9.18 Å². The molecule has 1 aromatic rings. The molecule has 1 amide bonds. The van der Waals surface area contributed by atoms with Crippen LogP contribution in [-0.4, -0.2) is 37.0 Å². The van der Waals surface area contributed by atoms with Crippen molar-refractivity contribution in [1.82, 2.24) is 10.2 Å². The Bertz CT molecular complexity index is 620. The summed E-state index contributed by atoms with van der Waals surface area (Å²) in [6.07, 6.45) is 3.65. The van der Waals surface area contributed by atoms with Crippen LogP contribution in [0.1, 0.15) is 63.5 Å². The van der Waals surface area contributed by atoms with Crippen molar-refractivity contribution in [3.05, 3.63) is 35.1 Å². The van der Waals surface area contributed by atoms with Crippen LogP contribution in [0.15, 0.2) is 18.2 Å². The molecule has 2 aliphatic rings.